The molecule has 1 nitrogen and oxygen atoms in total. The van der Waals surface area contributed by atoms with E-state index in [0.29, 0.717) is 11.5 Å². The van der Waals surface area contributed by atoms with Crippen LogP contribution in [0.25, 0.3) is 0 Å². The quantitative estimate of drug-likeness (QED) is 0.709. The molecule has 1 N–H and O–H groups in total. The molecule has 1 unspecified atom stereocenters. The van der Waals surface area contributed by atoms with Crippen LogP contribution in [0.4, 0.5) is 0 Å². The number of nitrogens with one attached hydrogen (secondary N) is 1. The first-order chi connectivity index (χ1) is 8.51. The maximum absolute atomic E-state index is 3.81. The van der Waals surface area contributed by atoms with E-state index in [1.807, 2.05) is 13.8 Å². The summed E-state index contributed by atoms with van der Waals surface area (Å²) in [6.07, 6.45) is 4.96. The van der Waals surface area contributed by atoms with Crippen molar-refractivity contribution < 1.29 is 0 Å². The molecule has 1 heteroatoms. The van der Waals surface area contributed by atoms with Gasteiger partial charge in [0.25, 0.3) is 0 Å². The Hall–Kier alpha value is -0.720. The monoisotopic (exact) mass is 249 g/mol. The molecule has 0 saturated heterocycles. The van der Waals surface area contributed by atoms with Crippen LogP contribution in [0.15, 0.2) is 22.4 Å². The van der Waals surface area contributed by atoms with Gasteiger partial charge in [-0.05, 0) is 49.3 Å². The first-order valence-corrected chi connectivity index (χ1v) is 7.71. The highest BCUT2D eigenvalue weighted by Gasteiger charge is 2.37. The molecule has 1 aliphatic heterocycles. The van der Waals surface area contributed by atoms with E-state index in [2.05, 4.69) is 39.9 Å². The van der Waals surface area contributed by atoms with E-state index in [1.54, 1.807) is 16.7 Å². The molecule has 0 saturated carbocycles. The van der Waals surface area contributed by atoms with Crippen molar-refractivity contribution in [2.24, 2.45) is 5.41 Å². The number of hydrogen-bond donors (Lipinski definition) is 1. The number of rotatable bonds is 2. The molecule has 2 aliphatic rings. The van der Waals surface area contributed by atoms with E-state index < -0.39 is 0 Å². The van der Waals surface area contributed by atoms with Crippen LogP contribution in [-0.4, -0.2) is 6.04 Å². The van der Waals surface area contributed by atoms with Gasteiger partial charge in [0.1, 0.15) is 0 Å². The Labute approximate surface area is 114 Å². The molecule has 2 rings (SSSR count). The molecule has 0 aromatic rings. The third-order valence-corrected chi connectivity index (χ3v) is 4.44. The van der Waals surface area contributed by atoms with Crippen LogP contribution in [0.2, 0.25) is 0 Å². The molecule has 18 heavy (non-hydrogen) atoms. The average molecular weight is 249 g/mol. The lowest BCUT2D eigenvalue weighted by Gasteiger charge is -2.34. The minimum absolute atomic E-state index is 0.364. The van der Waals surface area contributed by atoms with Crippen molar-refractivity contribution in [1.82, 2.24) is 5.32 Å². The van der Waals surface area contributed by atoms with E-state index in [4.69, 9.17) is 0 Å². The van der Waals surface area contributed by atoms with Gasteiger partial charge in [-0.2, -0.15) is 0 Å². The summed E-state index contributed by atoms with van der Waals surface area (Å²) < 4.78 is 0. The summed E-state index contributed by atoms with van der Waals surface area (Å²) >= 11 is 0. The van der Waals surface area contributed by atoms with E-state index >= 15 is 0 Å². The fraction of sp³-hybridized carbons (Fsp3) is 0.765. The second kappa shape index (κ2) is 5.95. The Morgan fingerprint density at radius 3 is 2.33 bits per heavy atom. The van der Waals surface area contributed by atoms with Crippen molar-refractivity contribution >= 4 is 0 Å². The predicted molar refractivity (Wildman–Crippen MR) is 81.6 cm³/mol. The van der Waals surface area contributed by atoms with Gasteiger partial charge < -0.3 is 5.32 Å². The maximum atomic E-state index is 3.81. The van der Waals surface area contributed by atoms with Crippen LogP contribution in [0.3, 0.4) is 0 Å². The van der Waals surface area contributed by atoms with E-state index in [1.165, 1.54) is 31.4 Å². The zero-order valence-electron chi connectivity index (χ0n) is 13.4. The number of dihydropyridines is 1. The van der Waals surface area contributed by atoms with Crippen molar-refractivity contribution in [3.8, 4) is 0 Å². The molecular formula is C17H31N. The predicted octanol–water partition coefficient (Wildman–Crippen LogP) is 5.20. The standard InChI is InChI=1S/C15H25N.C2H6/c1-6-11-10(3)12-8-9-15(4,5)14(12)16-13(11)7-2;1-2/h13,16H,6-9H2,1-5H3;1-2H3. The van der Waals surface area contributed by atoms with Gasteiger partial charge in [-0.1, -0.05) is 41.5 Å². The van der Waals surface area contributed by atoms with Crippen molar-refractivity contribution in [2.75, 3.05) is 0 Å². The highest BCUT2D eigenvalue weighted by molar-refractivity contribution is 5.47. The molecule has 0 bridgehead atoms. The fourth-order valence-electron chi connectivity index (χ4n) is 3.33. The molecule has 104 valence electrons. The second-order valence-electron chi connectivity index (χ2n) is 5.85. The minimum atomic E-state index is 0.364. The smallest absolute Gasteiger partial charge is 0.0473 e. The van der Waals surface area contributed by atoms with E-state index in [0.717, 1.165) is 0 Å². The molecule has 0 aromatic carbocycles. The Bertz CT molecular complexity index is 358. The molecule has 0 aromatic heterocycles. The summed E-state index contributed by atoms with van der Waals surface area (Å²) in [5, 5.41) is 3.81. The van der Waals surface area contributed by atoms with Crippen molar-refractivity contribution in [1.29, 1.82) is 0 Å². The van der Waals surface area contributed by atoms with Crippen LogP contribution in [0, 0.1) is 5.41 Å². The van der Waals surface area contributed by atoms with Crippen LogP contribution >= 0.6 is 0 Å². The highest BCUT2D eigenvalue weighted by atomic mass is 15.0. The number of allylic oxidation sites excluding steroid dienone is 3. The maximum Gasteiger partial charge on any atom is 0.0473 e. The Kier molecular flexibility index (Phi) is 5.07. The first-order valence-electron chi connectivity index (χ1n) is 7.71. The van der Waals surface area contributed by atoms with E-state index in [-0.39, 0.29) is 0 Å². The Morgan fingerprint density at radius 2 is 1.83 bits per heavy atom. The van der Waals surface area contributed by atoms with Crippen LogP contribution in [-0.2, 0) is 0 Å². The lowest BCUT2D eigenvalue weighted by Crippen LogP contribution is -2.37. The summed E-state index contributed by atoms with van der Waals surface area (Å²) in [5.41, 5.74) is 6.75. The average Bonchev–Trinajstić information content (AvgIpc) is 2.68. The molecule has 0 fully saturated rings. The second-order valence-corrected chi connectivity index (χ2v) is 5.85. The van der Waals surface area contributed by atoms with Crippen LogP contribution in [0.1, 0.15) is 74.1 Å². The molecular weight excluding hydrogens is 218 g/mol. The molecule has 0 spiro atoms. The largest absolute Gasteiger partial charge is 0.381 e. The summed E-state index contributed by atoms with van der Waals surface area (Å²) in [5.74, 6) is 0. The minimum Gasteiger partial charge on any atom is -0.381 e. The van der Waals surface area contributed by atoms with Gasteiger partial charge in [0.15, 0.2) is 0 Å². The van der Waals surface area contributed by atoms with Gasteiger partial charge in [-0.3, -0.25) is 0 Å². The molecule has 0 radical (unpaired) electrons. The molecule has 0 amide bonds. The van der Waals surface area contributed by atoms with Gasteiger partial charge >= 0.3 is 0 Å². The SMILES string of the molecule is CC.CCC1=C(C)C2=C(NC1CC)C(C)(C)CC2. The van der Waals surface area contributed by atoms with Gasteiger partial charge in [-0.15, -0.1) is 0 Å². The summed E-state index contributed by atoms with van der Waals surface area (Å²) in [6.45, 7) is 15.7. The van der Waals surface area contributed by atoms with Crippen LogP contribution < -0.4 is 5.32 Å². The van der Waals surface area contributed by atoms with Gasteiger partial charge in [0.2, 0.25) is 0 Å². The summed E-state index contributed by atoms with van der Waals surface area (Å²) in [4.78, 5) is 0. The lowest BCUT2D eigenvalue weighted by molar-refractivity contribution is 0.397. The van der Waals surface area contributed by atoms with Gasteiger partial charge in [0, 0.05) is 17.2 Å². The third kappa shape index (κ3) is 2.50. The molecule has 1 heterocycles. The normalized spacial score (nSPS) is 25.4. The fourth-order valence-corrected chi connectivity index (χ4v) is 3.33. The van der Waals surface area contributed by atoms with Crippen molar-refractivity contribution in [2.45, 2.75) is 80.2 Å². The molecule has 1 atom stereocenters. The first kappa shape index (κ1) is 15.3. The summed E-state index contributed by atoms with van der Waals surface area (Å²) in [6, 6.07) is 0.584. The zero-order valence-corrected chi connectivity index (χ0v) is 13.4. The topological polar surface area (TPSA) is 12.0 Å². The summed E-state index contributed by atoms with van der Waals surface area (Å²) in [7, 11) is 0. The van der Waals surface area contributed by atoms with Gasteiger partial charge in [0.05, 0.1) is 0 Å². The molecule has 1 aliphatic carbocycles. The lowest BCUT2D eigenvalue weighted by atomic mass is 9.84. The van der Waals surface area contributed by atoms with Crippen molar-refractivity contribution in [3.05, 3.63) is 22.4 Å². The zero-order chi connectivity index (χ0) is 13.9. The Morgan fingerprint density at radius 1 is 1.22 bits per heavy atom. The highest BCUT2D eigenvalue weighted by Crippen LogP contribution is 2.47. The van der Waals surface area contributed by atoms with E-state index in [9.17, 15) is 0 Å². The van der Waals surface area contributed by atoms with Crippen LogP contribution in [0.5, 0.6) is 0 Å². The third-order valence-electron chi connectivity index (χ3n) is 4.44. The van der Waals surface area contributed by atoms with Crippen molar-refractivity contribution in [3.63, 3.8) is 0 Å². The Balaban J connectivity index is 0.000000771. The van der Waals surface area contributed by atoms with Gasteiger partial charge in [-0.25, -0.2) is 0 Å². The number of hydrogen-bond acceptors (Lipinski definition) is 1.